The fourth-order valence-corrected chi connectivity index (χ4v) is 4.41. The lowest BCUT2D eigenvalue weighted by molar-refractivity contribution is 0.0518. The van der Waals surface area contributed by atoms with Crippen molar-refractivity contribution in [1.29, 1.82) is 0 Å². The van der Waals surface area contributed by atoms with Crippen LogP contribution in [-0.2, 0) is 4.74 Å². The van der Waals surface area contributed by atoms with Gasteiger partial charge in [0.15, 0.2) is 0 Å². The molecule has 0 heterocycles. The predicted octanol–water partition coefficient (Wildman–Crippen LogP) is 3.70. The molecule has 22 heavy (non-hydrogen) atoms. The van der Waals surface area contributed by atoms with Gasteiger partial charge in [-0.25, -0.2) is 4.79 Å². The number of amides is 1. The summed E-state index contributed by atoms with van der Waals surface area (Å²) in [6, 6.07) is 0.807. The van der Waals surface area contributed by atoms with Gasteiger partial charge in [0.05, 0.1) is 0 Å². The zero-order chi connectivity index (χ0) is 16.8. The Morgan fingerprint density at radius 1 is 1.32 bits per heavy atom. The molecule has 4 unspecified atom stereocenters. The molecular formula is C18H34N2O2. The Kier molecular flexibility index (Phi) is 4.55. The Morgan fingerprint density at radius 2 is 1.95 bits per heavy atom. The number of carbonyl (C=O) groups excluding carboxylic acids is 1. The summed E-state index contributed by atoms with van der Waals surface area (Å²) in [6.07, 6.45) is 3.61. The van der Waals surface area contributed by atoms with Crippen molar-refractivity contribution in [3.05, 3.63) is 0 Å². The summed E-state index contributed by atoms with van der Waals surface area (Å²) in [6.45, 7) is 15.7. The minimum atomic E-state index is -0.442. The van der Waals surface area contributed by atoms with Crippen LogP contribution in [-0.4, -0.2) is 30.3 Å². The second-order valence-corrected chi connectivity index (χ2v) is 9.11. The van der Waals surface area contributed by atoms with Gasteiger partial charge in [0.1, 0.15) is 5.60 Å². The first-order valence-corrected chi connectivity index (χ1v) is 8.68. The smallest absolute Gasteiger partial charge is 0.407 e. The zero-order valence-electron chi connectivity index (χ0n) is 15.4. The molecule has 128 valence electrons. The maximum Gasteiger partial charge on any atom is 0.407 e. The largest absolute Gasteiger partial charge is 0.444 e. The topological polar surface area (TPSA) is 50.4 Å². The number of rotatable bonds is 4. The molecule has 2 rings (SSSR count). The van der Waals surface area contributed by atoms with Crippen LogP contribution in [0, 0.1) is 16.7 Å². The number of hydrogen-bond acceptors (Lipinski definition) is 3. The average molecular weight is 310 g/mol. The maximum atomic E-state index is 11.7. The monoisotopic (exact) mass is 310 g/mol. The lowest BCUT2D eigenvalue weighted by Gasteiger charge is -2.40. The Morgan fingerprint density at radius 3 is 2.41 bits per heavy atom. The van der Waals surface area contributed by atoms with Crippen molar-refractivity contribution in [2.24, 2.45) is 16.7 Å². The minimum Gasteiger partial charge on any atom is -0.444 e. The summed E-state index contributed by atoms with van der Waals surface area (Å²) >= 11 is 0. The maximum absolute atomic E-state index is 11.7. The molecule has 4 heteroatoms. The van der Waals surface area contributed by atoms with E-state index in [0.29, 0.717) is 23.4 Å². The van der Waals surface area contributed by atoms with Crippen LogP contribution in [0.25, 0.3) is 0 Å². The van der Waals surface area contributed by atoms with Crippen molar-refractivity contribution in [2.75, 3.05) is 6.54 Å². The molecule has 0 spiro atoms. The third-order valence-corrected chi connectivity index (χ3v) is 6.23. The van der Waals surface area contributed by atoms with Crippen LogP contribution in [0.15, 0.2) is 0 Å². The SMILES string of the molecule is CC(CNC(=O)OC(C)(C)C)NC1CC2CCC1(C)C2(C)C. The van der Waals surface area contributed by atoms with Crippen LogP contribution in [0.4, 0.5) is 4.79 Å². The molecule has 4 nitrogen and oxygen atoms in total. The van der Waals surface area contributed by atoms with E-state index in [0.717, 1.165) is 5.92 Å². The van der Waals surface area contributed by atoms with Gasteiger partial charge in [0.2, 0.25) is 0 Å². The van der Waals surface area contributed by atoms with Crippen LogP contribution in [0.5, 0.6) is 0 Å². The summed E-state index contributed by atoms with van der Waals surface area (Å²) in [5.74, 6) is 0.834. The highest BCUT2D eigenvalue weighted by Gasteiger charge is 2.61. The fraction of sp³-hybridized carbons (Fsp3) is 0.944. The quantitative estimate of drug-likeness (QED) is 0.832. The first kappa shape index (κ1) is 17.6. The molecule has 0 aromatic rings. The fourth-order valence-electron chi connectivity index (χ4n) is 4.41. The van der Waals surface area contributed by atoms with E-state index in [4.69, 9.17) is 4.74 Å². The highest BCUT2D eigenvalue weighted by atomic mass is 16.6. The predicted molar refractivity (Wildman–Crippen MR) is 89.9 cm³/mol. The van der Waals surface area contributed by atoms with Crippen LogP contribution in [0.2, 0.25) is 0 Å². The minimum absolute atomic E-state index is 0.254. The normalized spacial score (nSPS) is 34.5. The van der Waals surface area contributed by atoms with Crippen molar-refractivity contribution in [3.63, 3.8) is 0 Å². The van der Waals surface area contributed by atoms with E-state index in [2.05, 4.69) is 38.3 Å². The van der Waals surface area contributed by atoms with Gasteiger partial charge in [0, 0.05) is 18.6 Å². The van der Waals surface area contributed by atoms with E-state index in [9.17, 15) is 4.79 Å². The van der Waals surface area contributed by atoms with E-state index in [1.807, 2.05) is 20.8 Å². The lowest BCUT2D eigenvalue weighted by atomic mass is 9.69. The molecule has 1 amide bonds. The molecule has 0 aromatic heterocycles. The highest BCUT2D eigenvalue weighted by molar-refractivity contribution is 5.67. The summed E-state index contributed by atoms with van der Waals surface area (Å²) in [5, 5.41) is 6.62. The van der Waals surface area contributed by atoms with E-state index in [1.165, 1.54) is 19.3 Å². The third kappa shape index (κ3) is 3.27. The standard InChI is InChI=1S/C18H34N2O2/c1-12(11-19-15(21)22-16(2,3)4)20-14-10-13-8-9-18(14,7)17(13,5)6/h12-14,20H,8-11H2,1-7H3,(H,19,21). The zero-order valence-corrected chi connectivity index (χ0v) is 15.4. The Balaban J connectivity index is 1.82. The molecule has 2 aliphatic rings. The molecule has 2 saturated carbocycles. The first-order chi connectivity index (χ1) is 9.96. The summed E-state index contributed by atoms with van der Waals surface area (Å²) < 4.78 is 5.28. The number of fused-ring (bicyclic) bond motifs is 2. The van der Waals surface area contributed by atoms with Crippen molar-refractivity contribution < 1.29 is 9.53 Å². The molecule has 2 aliphatic carbocycles. The van der Waals surface area contributed by atoms with Crippen molar-refractivity contribution in [3.8, 4) is 0 Å². The summed E-state index contributed by atoms with van der Waals surface area (Å²) in [4.78, 5) is 11.7. The number of nitrogens with one attached hydrogen (secondary N) is 2. The number of carbonyl (C=O) groups is 1. The van der Waals surface area contributed by atoms with Crippen LogP contribution in [0.3, 0.4) is 0 Å². The van der Waals surface area contributed by atoms with Gasteiger partial charge in [0.25, 0.3) is 0 Å². The second kappa shape index (κ2) is 5.70. The summed E-state index contributed by atoms with van der Waals surface area (Å²) in [5.41, 5.74) is 0.351. The molecule has 0 aromatic carbocycles. The molecule has 0 radical (unpaired) electrons. The van der Waals surface area contributed by atoms with Gasteiger partial charge < -0.3 is 15.4 Å². The van der Waals surface area contributed by atoms with Gasteiger partial charge in [-0.2, -0.15) is 0 Å². The van der Waals surface area contributed by atoms with Gasteiger partial charge in [-0.05, 0) is 63.7 Å². The molecule has 4 atom stereocenters. The lowest BCUT2D eigenvalue weighted by Crippen LogP contribution is -2.51. The summed E-state index contributed by atoms with van der Waals surface area (Å²) in [7, 11) is 0. The molecule has 0 aliphatic heterocycles. The van der Waals surface area contributed by atoms with Gasteiger partial charge in [-0.15, -0.1) is 0 Å². The highest BCUT2D eigenvalue weighted by Crippen LogP contribution is 2.65. The second-order valence-electron chi connectivity index (χ2n) is 9.11. The van der Waals surface area contributed by atoms with E-state index >= 15 is 0 Å². The van der Waals surface area contributed by atoms with Crippen molar-refractivity contribution >= 4 is 6.09 Å². The van der Waals surface area contributed by atoms with Crippen molar-refractivity contribution in [1.82, 2.24) is 10.6 Å². The Bertz CT molecular complexity index is 427. The number of hydrogen-bond donors (Lipinski definition) is 2. The van der Waals surface area contributed by atoms with E-state index in [-0.39, 0.29) is 12.1 Å². The van der Waals surface area contributed by atoms with Gasteiger partial charge >= 0.3 is 6.09 Å². The molecule has 2 bridgehead atoms. The van der Waals surface area contributed by atoms with E-state index in [1.54, 1.807) is 0 Å². The number of alkyl carbamates (subject to hydrolysis) is 1. The third-order valence-electron chi connectivity index (χ3n) is 6.23. The van der Waals surface area contributed by atoms with Crippen LogP contribution < -0.4 is 10.6 Å². The molecule has 0 saturated heterocycles. The Labute approximate surface area is 135 Å². The van der Waals surface area contributed by atoms with E-state index < -0.39 is 5.60 Å². The molecule has 2 N–H and O–H groups in total. The average Bonchev–Trinajstić information content (AvgIpc) is 2.67. The molecule has 2 fully saturated rings. The Hall–Kier alpha value is -0.770. The van der Waals surface area contributed by atoms with Crippen LogP contribution in [0.1, 0.15) is 67.7 Å². The van der Waals surface area contributed by atoms with Gasteiger partial charge in [-0.3, -0.25) is 0 Å². The molecular weight excluding hydrogens is 276 g/mol. The number of ether oxygens (including phenoxy) is 1. The van der Waals surface area contributed by atoms with Gasteiger partial charge in [-0.1, -0.05) is 20.8 Å². The van der Waals surface area contributed by atoms with Crippen molar-refractivity contribution in [2.45, 2.75) is 85.4 Å². The van der Waals surface area contributed by atoms with Crippen LogP contribution >= 0.6 is 0 Å². The first-order valence-electron chi connectivity index (χ1n) is 8.68.